The third-order valence-electron chi connectivity index (χ3n) is 1.75. The minimum atomic E-state index is -2.56. The maximum atomic E-state index is 12.7. The van der Waals surface area contributed by atoms with Gasteiger partial charge in [-0.05, 0) is 34.7 Å². The molecule has 0 spiro atoms. The van der Waals surface area contributed by atoms with Gasteiger partial charge in [-0.3, -0.25) is 0 Å². The average Bonchev–Trinajstić information content (AvgIpc) is 2.16. The molecule has 2 nitrogen and oxygen atoms in total. The van der Waals surface area contributed by atoms with Gasteiger partial charge in [0.05, 0.1) is 19.8 Å². The van der Waals surface area contributed by atoms with Crippen molar-refractivity contribution in [1.82, 2.24) is 0 Å². The summed E-state index contributed by atoms with van der Waals surface area (Å²) in [5, 5.41) is 0. The van der Waals surface area contributed by atoms with Gasteiger partial charge in [-0.15, -0.1) is 0 Å². The first-order chi connectivity index (χ1) is 6.61. The van der Waals surface area contributed by atoms with Crippen molar-refractivity contribution in [3.8, 4) is 11.5 Å². The van der Waals surface area contributed by atoms with Crippen molar-refractivity contribution in [3.05, 3.63) is 21.3 Å². The van der Waals surface area contributed by atoms with Gasteiger partial charge in [-0.1, -0.05) is 0 Å². The molecule has 0 heterocycles. The lowest BCUT2D eigenvalue weighted by Crippen LogP contribution is -1.98. The van der Waals surface area contributed by atoms with Crippen LogP contribution in [0.4, 0.5) is 8.78 Å². The minimum Gasteiger partial charge on any atom is -0.493 e. The first-order valence-corrected chi connectivity index (χ1v) is 4.88. The standard InChI is InChI=1S/C9H9F2IO2/c1-13-6-4-3-5(12)7(9(10)11)8(6)14-2/h3-4,9H,1-2H3. The second kappa shape index (κ2) is 4.77. The van der Waals surface area contributed by atoms with E-state index < -0.39 is 6.43 Å². The van der Waals surface area contributed by atoms with Crippen LogP contribution in [-0.2, 0) is 0 Å². The van der Waals surface area contributed by atoms with Crippen LogP contribution in [0.1, 0.15) is 12.0 Å². The zero-order valence-corrected chi connectivity index (χ0v) is 9.84. The number of rotatable bonds is 3. The molecule has 5 heteroatoms. The Balaban J connectivity index is 3.35. The Labute approximate surface area is 94.3 Å². The van der Waals surface area contributed by atoms with Crippen molar-refractivity contribution >= 4 is 22.6 Å². The fourth-order valence-electron chi connectivity index (χ4n) is 1.13. The first-order valence-electron chi connectivity index (χ1n) is 3.80. The molecule has 1 rings (SSSR count). The number of benzene rings is 1. The Hall–Kier alpha value is -0.590. The number of alkyl halides is 2. The maximum Gasteiger partial charge on any atom is 0.268 e. The molecular weight excluding hydrogens is 305 g/mol. The summed E-state index contributed by atoms with van der Waals surface area (Å²) in [7, 11) is 2.76. The molecule has 0 aliphatic rings. The van der Waals surface area contributed by atoms with Crippen molar-refractivity contribution in [2.24, 2.45) is 0 Å². The summed E-state index contributed by atoms with van der Waals surface area (Å²) in [5.74, 6) is 0.428. The summed E-state index contributed by atoms with van der Waals surface area (Å²) in [5.41, 5.74) is -0.118. The highest BCUT2D eigenvalue weighted by Gasteiger charge is 2.21. The van der Waals surface area contributed by atoms with Crippen LogP contribution in [-0.4, -0.2) is 14.2 Å². The lowest BCUT2D eigenvalue weighted by molar-refractivity contribution is 0.145. The van der Waals surface area contributed by atoms with E-state index in [4.69, 9.17) is 9.47 Å². The van der Waals surface area contributed by atoms with Crippen molar-refractivity contribution in [3.63, 3.8) is 0 Å². The van der Waals surface area contributed by atoms with Crippen molar-refractivity contribution < 1.29 is 18.3 Å². The van der Waals surface area contributed by atoms with E-state index in [-0.39, 0.29) is 11.3 Å². The zero-order chi connectivity index (χ0) is 10.7. The fraction of sp³-hybridized carbons (Fsp3) is 0.333. The van der Waals surface area contributed by atoms with Crippen LogP contribution >= 0.6 is 22.6 Å². The largest absolute Gasteiger partial charge is 0.493 e. The zero-order valence-electron chi connectivity index (χ0n) is 7.68. The summed E-state index contributed by atoms with van der Waals surface area (Å²) in [6.45, 7) is 0. The third kappa shape index (κ3) is 2.08. The molecule has 0 saturated carbocycles. The summed E-state index contributed by atoms with van der Waals surface area (Å²) in [6.07, 6.45) is -2.56. The topological polar surface area (TPSA) is 18.5 Å². The maximum absolute atomic E-state index is 12.7. The number of hydrogen-bond acceptors (Lipinski definition) is 2. The van der Waals surface area contributed by atoms with E-state index in [0.717, 1.165) is 0 Å². The van der Waals surface area contributed by atoms with E-state index in [9.17, 15) is 8.78 Å². The van der Waals surface area contributed by atoms with Crippen LogP contribution < -0.4 is 9.47 Å². The normalized spacial score (nSPS) is 10.4. The SMILES string of the molecule is COc1ccc(I)c(C(F)F)c1OC. The van der Waals surface area contributed by atoms with Gasteiger partial charge >= 0.3 is 0 Å². The quantitative estimate of drug-likeness (QED) is 0.798. The molecule has 0 aliphatic carbocycles. The lowest BCUT2D eigenvalue weighted by Gasteiger charge is -2.13. The summed E-state index contributed by atoms with van der Waals surface area (Å²) < 4.78 is 35.6. The lowest BCUT2D eigenvalue weighted by atomic mass is 10.2. The molecule has 0 unspecified atom stereocenters. The van der Waals surface area contributed by atoms with E-state index in [2.05, 4.69) is 0 Å². The summed E-state index contributed by atoms with van der Waals surface area (Å²) in [6, 6.07) is 3.18. The summed E-state index contributed by atoms with van der Waals surface area (Å²) >= 11 is 1.84. The van der Waals surface area contributed by atoms with Gasteiger partial charge in [0.2, 0.25) is 0 Å². The Morgan fingerprint density at radius 1 is 1.21 bits per heavy atom. The average molecular weight is 314 g/mol. The molecule has 1 aromatic rings. The molecule has 0 aliphatic heterocycles. The van der Waals surface area contributed by atoms with Crippen molar-refractivity contribution in [2.45, 2.75) is 6.43 Å². The van der Waals surface area contributed by atoms with Gasteiger partial charge in [-0.2, -0.15) is 0 Å². The van der Waals surface area contributed by atoms with E-state index in [1.807, 2.05) is 22.6 Å². The molecule has 0 fully saturated rings. The van der Waals surface area contributed by atoms with Crippen LogP contribution in [0.15, 0.2) is 12.1 Å². The number of methoxy groups -OCH3 is 2. The molecule has 0 N–H and O–H groups in total. The van der Waals surface area contributed by atoms with E-state index in [0.29, 0.717) is 9.32 Å². The number of halogens is 3. The van der Waals surface area contributed by atoms with Crippen LogP contribution in [0.3, 0.4) is 0 Å². The highest BCUT2D eigenvalue weighted by atomic mass is 127. The third-order valence-corrected chi connectivity index (χ3v) is 2.69. The van der Waals surface area contributed by atoms with Crippen molar-refractivity contribution in [2.75, 3.05) is 14.2 Å². The van der Waals surface area contributed by atoms with Gasteiger partial charge in [0, 0.05) is 3.57 Å². The van der Waals surface area contributed by atoms with Crippen LogP contribution in [0.2, 0.25) is 0 Å². The molecule has 78 valence electrons. The van der Waals surface area contributed by atoms with Gasteiger partial charge in [0.1, 0.15) is 0 Å². The second-order valence-electron chi connectivity index (χ2n) is 2.50. The highest BCUT2D eigenvalue weighted by Crippen LogP contribution is 2.39. The smallest absolute Gasteiger partial charge is 0.268 e. The van der Waals surface area contributed by atoms with E-state index >= 15 is 0 Å². The van der Waals surface area contributed by atoms with Gasteiger partial charge < -0.3 is 9.47 Å². The Bertz CT molecular complexity index is 329. The Kier molecular flexibility index (Phi) is 3.91. The molecule has 0 saturated heterocycles. The predicted octanol–water partition coefficient (Wildman–Crippen LogP) is 3.25. The Morgan fingerprint density at radius 2 is 1.86 bits per heavy atom. The molecule has 0 bridgehead atoms. The van der Waals surface area contributed by atoms with E-state index in [1.165, 1.54) is 14.2 Å². The fourth-order valence-corrected chi connectivity index (χ4v) is 1.79. The van der Waals surface area contributed by atoms with E-state index in [1.54, 1.807) is 12.1 Å². The number of hydrogen-bond donors (Lipinski definition) is 0. The Morgan fingerprint density at radius 3 is 2.29 bits per heavy atom. The van der Waals surface area contributed by atoms with Crippen molar-refractivity contribution in [1.29, 1.82) is 0 Å². The van der Waals surface area contributed by atoms with Gasteiger partial charge in [0.15, 0.2) is 11.5 Å². The van der Waals surface area contributed by atoms with Crippen LogP contribution in [0, 0.1) is 3.57 Å². The molecule has 1 aromatic carbocycles. The molecule has 0 atom stereocenters. The minimum absolute atomic E-state index is 0.106. The number of ether oxygens (including phenoxy) is 2. The summed E-state index contributed by atoms with van der Waals surface area (Å²) in [4.78, 5) is 0. The monoisotopic (exact) mass is 314 g/mol. The second-order valence-corrected chi connectivity index (χ2v) is 3.66. The predicted molar refractivity (Wildman–Crippen MR) is 57.2 cm³/mol. The first kappa shape index (κ1) is 11.5. The van der Waals surface area contributed by atoms with Gasteiger partial charge in [-0.25, -0.2) is 8.78 Å². The van der Waals surface area contributed by atoms with Gasteiger partial charge in [0.25, 0.3) is 6.43 Å². The molecular formula is C9H9F2IO2. The molecule has 0 aromatic heterocycles. The van der Waals surface area contributed by atoms with Crippen LogP contribution in [0.5, 0.6) is 11.5 Å². The molecule has 14 heavy (non-hydrogen) atoms. The molecule has 0 radical (unpaired) electrons. The highest BCUT2D eigenvalue weighted by molar-refractivity contribution is 14.1. The molecule has 0 amide bonds. The van der Waals surface area contributed by atoms with Crippen LogP contribution in [0.25, 0.3) is 0 Å².